The van der Waals surface area contributed by atoms with Crippen molar-refractivity contribution < 1.29 is 9.50 Å². The summed E-state index contributed by atoms with van der Waals surface area (Å²) in [6.45, 7) is 11.4. The van der Waals surface area contributed by atoms with E-state index in [1.54, 1.807) is 6.08 Å². The molecule has 4 aromatic rings. The number of likely N-dealkylation sites (tertiary alicyclic amines) is 1. The number of pyridine rings is 1. The number of aliphatic hydroxyl groups is 1. The Labute approximate surface area is 250 Å². The first-order valence-electron chi connectivity index (χ1n) is 14.9. The van der Waals surface area contributed by atoms with Crippen LogP contribution in [0.1, 0.15) is 45.2 Å². The molecule has 11 heteroatoms. The Morgan fingerprint density at radius 2 is 1.72 bits per heavy atom. The number of fused-ring (bicyclic) bond motifs is 1. The lowest BCUT2D eigenvalue weighted by molar-refractivity contribution is 0.0694. The van der Waals surface area contributed by atoms with Gasteiger partial charge in [-0.3, -0.25) is 4.79 Å². The van der Waals surface area contributed by atoms with E-state index in [-0.39, 0.29) is 29.0 Å². The Hall–Kier alpha value is -4.09. The molecule has 0 aliphatic carbocycles. The molecule has 3 aromatic heterocycles. The summed E-state index contributed by atoms with van der Waals surface area (Å²) in [7, 11) is 2.22. The second kappa shape index (κ2) is 11.2. The molecule has 0 radical (unpaired) electrons. The van der Waals surface area contributed by atoms with Crippen molar-refractivity contribution in [1.82, 2.24) is 29.2 Å². The highest BCUT2D eigenvalue weighted by atomic mass is 19.1. The molecule has 2 fully saturated rings. The number of hydrogen-bond acceptors (Lipinski definition) is 8. The van der Waals surface area contributed by atoms with E-state index in [1.807, 2.05) is 12.1 Å². The SMILES string of the molecule is C=CCn1c(=O)c2cnc(Nc3ccc(N4CCC5(CCN(C)CC5)CC4)cc3)nc2n1-c1ccc(F)c(C(C)(C)O)n1. The standard InChI is InChI=1S/C32H39FN8O2/c1-5-16-40-29(42)24-21-34-30(37-28(24)41(40)26-11-10-25(33)27(36-26)31(2,3)43)35-22-6-8-23(9-7-22)39-19-14-32(15-20-39)12-17-38(4)18-13-32/h5-11,21,43H,1,12-20H2,2-4H3,(H,34,35,37). The Morgan fingerprint density at radius 1 is 1.05 bits per heavy atom. The first-order valence-corrected chi connectivity index (χ1v) is 14.9. The third kappa shape index (κ3) is 5.66. The van der Waals surface area contributed by atoms with Crippen molar-refractivity contribution in [3.63, 3.8) is 0 Å². The predicted molar refractivity (Wildman–Crippen MR) is 167 cm³/mol. The van der Waals surface area contributed by atoms with E-state index >= 15 is 0 Å². The Balaban J connectivity index is 1.25. The minimum absolute atomic E-state index is 0.132. The van der Waals surface area contributed by atoms with Crippen molar-refractivity contribution in [1.29, 1.82) is 0 Å². The summed E-state index contributed by atoms with van der Waals surface area (Å²) in [5.41, 5.74) is 0.838. The van der Waals surface area contributed by atoms with Gasteiger partial charge >= 0.3 is 0 Å². The lowest BCUT2D eigenvalue weighted by Gasteiger charge is -2.46. The quantitative estimate of drug-likeness (QED) is 0.303. The van der Waals surface area contributed by atoms with E-state index in [1.165, 1.54) is 86.0 Å². The number of nitrogens with one attached hydrogen (secondary N) is 1. The van der Waals surface area contributed by atoms with Crippen LogP contribution in [0.15, 0.2) is 60.0 Å². The Kier molecular flexibility index (Phi) is 7.55. The van der Waals surface area contributed by atoms with Crippen LogP contribution in [-0.4, -0.2) is 67.5 Å². The van der Waals surface area contributed by atoms with Crippen LogP contribution in [0.25, 0.3) is 16.9 Å². The number of hydrogen-bond donors (Lipinski definition) is 2. The van der Waals surface area contributed by atoms with Gasteiger partial charge in [0.1, 0.15) is 22.5 Å². The second-order valence-electron chi connectivity index (χ2n) is 12.4. The topological polar surface area (TPSA) is 104 Å². The molecule has 0 atom stereocenters. The molecule has 1 aromatic carbocycles. The van der Waals surface area contributed by atoms with Gasteiger partial charge in [-0.2, -0.15) is 4.98 Å². The maximum absolute atomic E-state index is 14.5. The highest BCUT2D eigenvalue weighted by Gasteiger charge is 2.36. The fourth-order valence-corrected chi connectivity index (χ4v) is 6.30. The summed E-state index contributed by atoms with van der Waals surface area (Å²) < 4.78 is 17.5. The number of halogens is 1. The number of rotatable bonds is 7. The van der Waals surface area contributed by atoms with Gasteiger partial charge in [-0.25, -0.2) is 23.7 Å². The smallest absolute Gasteiger partial charge is 0.278 e. The van der Waals surface area contributed by atoms with Gasteiger partial charge in [0.2, 0.25) is 5.95 Å². The van der Waals surface area contributed by atoms with Crippen molar-refractivity contribution in [2.24, 2.45) is 5.41 Å². The van der Waals surface area contributed by atoms with Gasteiger partial charge < -0.3 is 20.2 Å². The van der Waals surface area contributed by atoms with Crippen molar-refractivity contribution in [2.45, 2.75) is 51.7 Å². The molecule has 1 spiro atoms. The number of nitrogens with zero attached hydrogens (tertiary/aromatic N) is 7. The summed E-state index contributed by atoms with van der Waals surface area (Å²) in [6.07, 6.45) is 8.14. The van der Waals surface area contributed by atoms with E-state index in [4.69, 9.17) is 0 Å². The summed E-state index contributed by atoms with van der Waals surface area (Å²) in [5, 5.41) is 14.0. The van der Waals surface area contributed by atoms with Crippen LogP contribution in [0.4, 0.5) is 21.7 Å². The molecular formula is C32H39FN8O2. The van der Waals surface area contributed by atoms with Gasteiger partial charge in [0.25, 0.3) is 5.56 Å². The zero-order chi connectivity index (χ0) is 30.4. The van der Waals surface area contributed by atoms with Gasteiger partial charge in [0.15, 0.2) is 11.5 Å². The molecule has 10 nitrogen and oxygen atoms in total. The van der Waals surface area contributed by atoms with Crippen molar-refractivity contribution >= 4 is 28.4 Å². The summed E-state index contributed by atoms with van der Waals surface area (Å²) in [4.78, 5) is 31.6. The lowest BCUT2D eigenvalue weighted by atomic mass is 9.71. The molecule has 2 aliphatic rings. The van der Waals surface area contributed by atoms with Gasteiger partial charge in [-0.05, 0) is 101 Å². The maximum Gasteiger partial charge on any atom is 0.278 e. The molecule has 43 heavy (non-hydrogen) atoms. The van der Waals surface area contributed by atoms with E-state index in [0.717, 1.165) is 18.8 Å². The van der Waals surface area contributed by atoms with Gasteiger partial charge in [-0.1, -0.05) is 6.08 Å². The molecule has 2 aliphatic heterocycles. The minimum atomic E-state index is -1.52. The second-order valence-corrected chi connectivity index (χ2v) is 12.4. The fraction of sp³-hybridized carbons (Fsp3) is 0.438. The third-order valence-corrected chi connectivity index (χ3v) is 8.97. The Bertz CT molecular complexity index is 1690. The molecule has 0 unspecified atom stereocenters. The number of benzene rings is 1. The van der Waals surface area contributed by atoms with E-state index < -0.39 is 11.4 Å². The molecular weight excluding hydrogens is 547 g/mol. The van der Waals surface area contributed by atoms with Crippen molar-refractivity contribution in [2.75, 3.05) is 43.4 Å². The molecule has 5 heterocycles. The summed E-state index contributed by atoms with van der Waals surface area (Å²) in [6, 6.07) is 10.9. The maximum atomic E-state index is 14.5. The number of anilines is 3. The molecule has 226 valence electrons. The van der Waals surface area contributed by atoms with Crippen LogP contribution in [-0.2, 0) is 12.1 Å². The average molecular weight is 587 g/mol. The normalized spacial score (nSPS) is 17.5. The molecule has 6 rings (SSSR count). The largest absolute Gasteiger partial charge is 0.384 e. The molecule has 2 N–H and O–H groups in total. The van der Waals surface area contributed by atoms with Crippen LogP contribution in [0.2, 0.25) is 0 Å². The van der Waals surface area contributed by atoms with Crippen LogP contribution in [0, 0.1) is 11.2 Å². The lowest BCUT2D eigenvalue weighted by Crippen LogP contribution is -2.46. The first-order chi connectivity index (χ1) is 20.6. The van der Waals surface area contributed by atoms with Crippen LogP contribution in [0.3, 0.4) is 0 Å². The first kappa shape index (κ1) is 29.0. The van der Waals surface area contributed by atoms with Crippen LogP contribution in [0.5, 0.6) is 0 Å². The summed E-state index contributed by atoms with van der Waals surface area (Å²) >= 11 is 0. The molecule has 0 bridgehead atoms. The number of aromatic nitrogens is 5. The van der Waals surface area contributed by atoms with Gasteiger partial charge in [-0.15, -0.1) is 6.58 Å². The zero-order valence-corrected chi connectivity index (χ0v) is 25.1. The monoisotopic (exact) mass is 586 g/mol. The highest BCUT2D eigenvalue weighted by molar-refractivity contribution is 5.77. The zero-order valence-electron chi connectivity index (χ0n) is 25.1. The van der Waals surface area contributed by atoms with Crippen LogP contribution >= 0.6 is 0 Å². The molecule has 0 amide bonds. The molecule has 2 saturated heterocycles. The Morgan fingerprint density at radius 3 is 2.37 bits per heavy atom. The van der Waals surface area contributed by atoms with Crippen LogP contribution < -0.4 is 15.8 Å². The highest BCUT2D eigenvalue weighted by Crippen LogP contribution is 2.42. The van der Waals surface area contributed by atoms with E-state index in [0.29, 0.717) is 17.0 Å². The van der Waals surface area contributed by atoms with E-state index in [9.17, 15) is 14.3 Å². The average Bonchev–Trinajstić information content (AvgIpc) is 3.26. The van der Waals surface area contributed by atoms with Gasteiger partial charge in [0, 0.05) is 30.7 Å². The van der Waals surface area contributed by atoms with Crippen molar-refractivity contribution in [3.8, 4) is 5.82 Å². The van der Waals surface area contributed by atoms with Crippen molar-refractivity contribution in [3.05, 3.63) is 77.1 Å². The number of piperidine rings is 2. The van der Waals surface area contributed by atoms with Gasteiger partial charge in [0.05, 0.1) is 6.54 Å². The van der Waals surface area contributed by atoms with E-state index in [2.05, 4.69) is 55.8 Å². The predicted octanol–water partition coefficient (Wildman–Crippen LogP) is 4.59. The summed E-state index contributed by atoms with van der Waals surface area (Å²) in [5.74, 6) is -0.0987. The molecule has 0 saturated carbocycles. The number of allylic oxidation sites excluding steroid dienone is 1. The third-order valence-electron chi connectivity index (χ3n) is 8.97. The fourth-order valence-electron chi connectivity index (χ4n) is 6.30. The minimum Gasteiger partial charge on any atom is -0.384 e.